The van der Waals surface area contributed by atoms with E-state index in [-0.39, 0.29) is 41.5 Å². The summed E-state index contributed by atoms with van der Waals surface area (Å²) in [6.45, 7) is 3.73. The zero-order valence-electron chi connectivity index (χ0n) is 13.4. The summed E-state index contributed by atoms with van der Waals surface area (Å²) in [6.07, 6.45) is 4.11. The smallest absolute Gasteiger partial charge is 0.302 e. The minimum Gasteiger partial charge on any atom is -0.462 e. The first-order valence-corrected chi connectivity index (χ1v) is 8.38. The number of ketones is 2. The molecule has 0 radical (unpaired) electrons. The molecule has 2 aliphatic carbocycles. The predicted molar refractivity (Wildman–Crippen MR) is 80.1 cm³/mol. The van der Waals surface area contributed by atoms with E-state index < -0.39 is 5.41 Å². The Bertz CT molecular complexity index is 503. The van der Waals surface area contributed by atoms with Crippen LogP contribution in [0.15, 0.2) is 0 Å². The monoisotopic (exact) mass is 307 g/mol. The second-order valence-corrected chi connectivity index (χ2v) is 7.36. The highest BCUT2D eigenvalue weighted by molar-refractivity contribution is 5.89. The van der Waals surface area contributed by atoms with E-state index >= 15 is 0 Å². The van der Waals surface area contributed by atoms with Crippen LogP contribution in [0.1, 0.15) is 52.4 Å². The molecule has 122 valence electrons. The van der Waals surface area contributed by atoms with E-state index in [0.29, 0.717) is 19.4 Å². The van der Waals surface area contributed by atoms with Crippen LogP contribution >= 0.6 is 0 Å². The topological polar surface area (TPSA) is 72.5 Å². The van der Waals surface area contributed by atoms with Gasteiger partial charge in [0.15, 0.2) is 0 Å². The summed E-state index contributed by atoms with van der Waals surface area (Å²) in [5.74, 6) is -0.0754. The van der Waals surface area contributed by atoms with Gasteiger partial charge in [0.25, 0.3) is 0 Å². The lowest BCUT2D eigenvalue weighted by atomic mass is 9.53. The molecule has 1 heterocycles. The molecule has 0 aromatic carbocycles. The molecule has 5 atom stereocenters. The van der Waals surface area contributed by atoms with Crippen molar-refractivity contribution in [3.63, 3.8) is 0 Å². The maximum atomic E-state index is 12.9. The molecular weight excluding hydrogens is 282 g/mol. The van der Waals surface area contributed by atoms with Gasteiger partial charge in [0.05, 0.1) is 6.54 Å². The maximum absolute atomic E-state index is 12.9. The summed E-state index contributed by atoms with van der Waals surface area (Å²) in [5, 5.41) is 3.31. The molecule has 1 N–H and O–H groups in total. The molecule has 1 spiro atoms. The molecular formula is C17H25NO4. The molecule has 1 aliphatic heterocycles. The Morgan fingerprint density at radius 3 is 2.82 bits per heavy atom. The standard InChI is InChI=1S/C17H25NO4/c1-10-6-15(21)17-5-3-4-12(8-17)18-9-13(20)7-14(17)16(10)22-11(2)19/h10,12,14,16,18H,3-9H2,1-2H3/t10-,12?,14?,16-,17?/m0/s1. The largest absolute Gasteiger partial charge is 0.462 e. The number of carbonyl (C=O) groups is 3. The third kappa shape index (κ3) is 2.60. The van der Waals surface area contributed by atoms with Gasteiger partial charge in [-0.2, -0.15) is 0 Å². The Morgan fingerprint density at radius 2 is 2.09 bits per heavy atom. The van der Waals surface area contributed by atoms with E-state index in [1.807, 2.05) is 6.92 Å². The van der Waals surface area contributed by atoms with Crippen molar-refractivity contribution in [3.05, 3.63) is 0 Å². The highest BCUT2D eigenvalue weighted by atomic mass is 16.5. The molecule has 3 rings (SSSR count). The van der Waals surface area contributed by atoms with Crippen molar-refractivity contribution in [2.45, 2.75) is 64.5 Å². The number of carbonyl (C=O) groups excluding carboxylic acids is 3. The van der Waals surface area contributed by atoms with Crippen LogP contribution < -0.4 is 5.32 Å². The minimum absolute atomic E-state index is 0.00686. The number of fused-ring (bicyclic) bond motifs is 1. The van der Waals surface area contributed by atoms with Gasteiger partial charge < -0.3 is 10.1 Å². The SMILES string of the molecule is CC(=O)O[C@@H]1C2CC(=O)CNC3CCCC2(C3)C(=O)C[C@@H]1C. The van der Waals surface area contributed by atoms with Gasteiger partial charge in [0.2, 0.25) is 0 Å². The fourth-order valence-corrected chi connectivity index (χ4v) is 4.88. The van der Waals surface area contributed by atoms with Gasteiger partial charge in [-0.25, -0.2) is 0 Å². The number of hydrogen-bond acceptors (Lipinski definition) is 5. The number of Topliss-reactive ketones (excluding diaryl/α,β-unsaturated/α-hetero) is 2. The molecule has 3 fully saturated rings. The van der Waals surface area contributed by atoms with Crippen LogP contribution in [0.4, 0.5) is 0 Å². The summed E-state index contributed by atoms with van der Waals surface area (Å²) in [6, 6.07) is 0.232. The number of rotatable bonds is 1. The van der Waals surface area contributed by atoms with Crippen molar-refractivity contribution < 1.29 is 19.1 Å². The highest BCUT2D eigenvalue weighted by Gasteiger charge is 2.57. The van der Waals surface area contributed by atoms with Crippen LogP contribution in [0.5, 0.6) is 0 Å². The van der Waals surface area contributed by atoms with Crippen LogP contribution in [-0.2, 0) is 19.1 Å². The molecule has 0 aromatic heterocycles. The van der Waals surface area contributed by atoms with Crippen LogP contribution in [0.25, 0.3) is 0 Å². The quantitative estimate of drug-likeness (QED) is 0.746. The van der Waals surface area contributed by atoms with Gasteiger partial charge in [-0.05, 0) is 19.3 Å². The normalized spacial score (nSPS) is 42.1. The fraction of sp³-hybridized carbons (Fsp3) is 0.824. The van der Waals surface area contributed by atoms with Crippen molar-refractivity contribution in [3.8, 4) is 0 Å². The van der Waals surface area contributed by atoms with Crippen molar-refractivity contribution in [1.82, 2.24) is 5.32 Å². The van der Waals surface area contributed by atoms with Crippen LogP contribution in [0, 0.1) is 17.3 Å². The number of hydrogen-bond donors (Lipinski definition) is 1. The third-order valence-electron chi connectivity index (χ3n) is 5.85. The number of esters is 1. The Labute approximate surface area is 131 Å². The highest BCUT2D eigenvalue weighted by Crippen LogP contribution is 2.53. The summed E-state index contributed by atoms with van der Waals surface area (Å²) >= 11 is 0. The van der Waals surface area contributed by atoms with Gasteiger partial charge in [-0.15, -0.1) is 0 Å². The lowest BCUT2D eigenvalue weighted by Crippen LogP contribution is -2.59. The van der Waals surface area contributed by atoms with Crippen LogP contribution in [0.2, 0.25) is 0 Å². The van der Waals surface area contributed by atoms with E-state index in [1.54, 1.807) is 0 Å². The molecule has 3 unspecified atom stereocenters. The molecule has 0 amide bonds. The van der Waals surface area contributed by atoms with Gasteiger partial charge >= 0.3 is 5.97 Å². The van der Waals surface area contributed by atoms with Crippen molar-refractivity contribution in [1.29, 1.82) is 0 Å². The molecule has 3 aliphatic rings. The number of ether oxygens (including phenoxy) is 1. The summed E-state index contributed by atoms with van der Waals surface area (Å²) in [5.41, 5.74) is -0.474. The van der Waals surface area contributed by atoms with E-state index in [1.165, 1.54) is 6.92 Å². The lowest BCUT2D eigenvalue weighted by Gasteiger charge is -2.53. The number of nitrogens with one attached hydrogen (secondary N) is 1. The van der Waals surface area contributed by atoms with Crippen molar-refractivity contribution >= 4 is 17.5 Å². The maximum Gasteiger partial charge on any atom is 0.302 e. The molecule has 2 bridgehead atoms. The summed E-state index contributed by atoms with van der Waals surface area (Å²) in [4.78, 5) is 36.7. The van der Waals surface area contributed by atoms with Gasteiger partial charge in [0.1, 0.15) is 17.7 Å². The summed E-state index contributed by atoms with van der Waals surface area (Å²) < 4.78 is 5.59. The molecule has 22 heavy (non-hydrogen) atoms. The van der Waals surface area contributed by atoms with Crippen molar-refractivity contribution in [2.24, 2.45) is 17.3 Å². The average Bonchev–Trinajstić information content (AvgIpc) is 2.46. The first-order chi connectivity index (χ1) is 10.4. The molecule has 2 saturated carbocycles. The van der Waals surface area contributed by atoms with E-state index in [9.17, 15) is 14.4 Å². The molecule has 1 saturated heterocycles. The van der Waals surface area contributed by atoms with Crippen molar-refractivity contribution in [2.75, 3.05) is 6.54 Å². The predicted octanol–water partition coefficient (Wildman–Crippen LogP) is 1.63. The second kappa shape index (κ2) is 5.76. The van der Waals surface area contributed by atoms with E-state index in [0.717, 1.165) is 25.7 Å². The summed E-state index contributed by atoms with van der Waals surface area (Å²) in [7, 11) is 0. The first kappa shape index (κ1) is 15.7. The third-order valence-corrected chi connectivity index (χ3v) is 5.85. The molecule has 0 aromatic rings. The lowest BCUT2D eigenvalue weighted by molar-refractivity contribution is -0.174. The van der Waals surface area contributed by atoms with Crippen LogP contribution in [0.3, 0.4) is 0 Å². The minimum atomic E-state index is -0.474. The zero-order chi connectivity index (χ0) is 15.9. The van der Waals surface area contributed by atoms with Gasteiger partial charge in [-0.3, -0.25) is 14.4 Å². The van der Waals surface area contributed by atoms with Gasteiger partial charge in [0, 0.05) is 43.1 Å². The first-order valence-electron chi connectivity index (χ1n) is 8.38. The van der Waals surface area contributed by atoms with E-state index in [2.05, 4.69) is 5.32 Å². The molecule has 5 heteroatoms. The molecule has 5 nitrogen and oxygen atoms in total. The van der Waals surface area contributed by atoms with Crippen LogP contribution in [-0.4, -0.2) is 36.2 Å². The second-order valence-electron chi connectivity index (χ2n) is 7.36. The Morgan fingerprint density at radius 1 is 1.32 bits per heavy atom. The zero-order valence-corrected chi connectivity index (χ0v) is 13.4. The Balaban J connectivity index is 2.00. The van der Waals surface area contributed by atoms with Gasteiger partial charge in [-0.1, -0.05) is 13.3 Å². The Hall–Kier alpha value is -1.23. The average molecular weight is 307 g/mol. The Kier molecular flexibility index (Phi) is 4.10. The van der Waals surface area contributed by atoms with E-state index in [4.69, 9.17) is 4.74 Å². The fourth-order valence-electron chi connectivity index (χ4n) is 4.88.